The Morgan fingerprint density at radius 3 is 1.77 bits per heavy atom. The fourth-order valence-corrected chi connectivity index (χ4v) is 11.9. The van der Waals surface area contributed by atoms with E-state index in [1.165, 1.54) is 4.08 Å². The second-order valence-corrected chi connectivity index (χ2v) is 17.9. The molecule has 3 heterocycles. The van der Waals surface area contributed by atoms with Crippen molar-refractivity contribution in [3.8, 4) is 0 Å². The Balaban J connectivity index is 1.52. The highest BCUT2D eigenvalue weighted by atomic mass is 32.2. The van der Waals surface area contributed by atoms with Crippen molar-refractivity contribution < 1.29 is 35.8 Å². The first-order chi connectivity index (χ1) is 22.4. The van der Waals surface area contributed by atoms with E-state index in [0.29, 0.717) is 54.6 Å². The van der Waals surface area contributed by atoms with Crippen LogP contribution in [0.1, 0.15) is 76.2 Å². The number of fused-ring (bicyclic) bond motifs is 3. The number of aryl methyl sites for hydroxylation is 1. The lowest BCUT2D eigenvalue weighted by Crippen LogP contribution is -2.44. The zero-order valence-corrected chi connectivity index (χ0v) is 29.4. The maximum absolute atomic E-state index is 14.9. The topological polar surface area (TPSA) is 101 Å². The molecule has 47 heavy (non-hydrogen) atoms. The van der Waals surface area contributed by atoms with Gasteiger partial charge < -0.3 is 27.3 Å². The van der Waals surface area contributed by atoms with Crippen LogP contribution in [0, 0.1) is 23.7 Å². The summed E-state index contributed by atoms with van der Waals surface area (Å²) in [6, 6.07) is 18.6. The van der Waals surface area contributed by atoms with Crippen LogP contribution in [-0.2, 0) is 29.0 Å². The van der Waals surface area contributed by atoms with Crippen molar-refractivity contribution in [3.05, 3.63) is 77.4 Å². The summed E-state index contributed by atoms with van der Waals surface area (Å²) in [5.74, 6) is 0.435. The molecule has 1 saturated carbocycles. The lowest BCUT2D eigenvalue weighted by atomic mass is 9.61. The predicted octanol–water partition coefficient (Wildman–Crippen LogP) is 8.87. The summed E-state index contributed by atoms with van der Waals surface area (Å²) in [6.07, 6.45) is 1.55. The Morgan fingerprint density at radius 1 is 0.766 bits per heavy atom. The van der Waals surface area contributed by atoms with E-state index in [1.54, 1.807) is 12.1 Å². The highest BCUT2D eigenvalue weighted by Crippen LogP contribution is 2.52. The van der Waals surface area contributed by atoms with Crippen molar-refractivity contribution >= 4 is 40.1 Å². The maximum atomic E-state index is 14.9. The third-order valence-corrected chi connectivity index (χ3v) is 13.2. The summed E-state index contributed by atoms with van der Waals surface area (Å²) in [4.78, 5) is 0.195. The fraction of sp³-hybridized carbons (Fsp3) is 0.500. The van der Waals surface area contributed by atoms with Crippen molar-refractivity contribution in [2.75, 3.05) is 37.0 Å². The van der Waals surface area contributed by atoms with Crippen LogP contribution >= 0.6 is 8.16 Å². The molecule has 0 N–H and O–H groups in total. The Bertz CT molecular complexity index is 1830. The molecule has 9 nitrogen and oxygen atoms in total. The molecule has 2 aliphatic heterocycles. The minimum atomic E-state index is -4.11. The minimum absolute atomic E-state index is 0.0535. The van der Waals surface area contributed by atoms with Crippen LogP contribution in [0.3, 0.4) is 0 Å². The van der Waals surface area contributed by atoms with E-state index in [0.717, 1.165) is 35.6 Å². The van der Waals surface area contributed by atoms with E-state index in [-0.39, 0.29) is 22.3 Å². The molecule has 2 saturated heterocycles. The molecule has 1 aromatic heterocycles. The van der Waals surface area contributed by atoms with Gasteiger partial charge in [0.25, 0.3) is 10.0 Å². The summed E-state index contributed by atoms with van der Waals surface area (Å²) < 4.78 is 68.9. The van der Waals surface area contributed by atoms with E-state index >= 15 is 0 Å². The van der Waals surface area contributed by atoms with E-state index in [1.807, 2.05) is 55.5 Å². The Kier molecular flexibility index (Phi) is 8.83. The van der Waals surface area contributed by atoms with Crippen LogP contribution in [0.25, 0.3) is 21.9 Å². The highest BCUT2D eigenvalue weighted by Gasteiger charge is 2.45. The number of sulfonamides is 1. The number of benzene rings is 3. The highest BCUT2D eigenvalue weighted by molar-refractivity contribution is 7.97. The molecule has 3 fully saturated rings. The first kappa shape index (κ1) is 32.8. The molecule has 0 spiro atoms. The monoisotopic (exact) mass is 681 g/mol. The zero-order valence-electron chi connectivity index (χ0n) is 27.7. The zero-order chi connectivity index (χ0) is 33.0. The lowest BCUT2D eigenvalue weighted by molar-refractivity contribution is -0.0436. The Hall–Kier alpha value is -2.69. The van der Waals surface area contributed by atoms with Gasteiger partial charge in [0.1, 0.15) is 0 Å². The van der Waals surface area contributed by atoms with Crippen molar-refractivity contribution in [1.29, 1.82) is 0 Å². The molecule has 0 radical (unpaired) electrons. The van der Waals surface area contributed by atoms with Crippen LogP contribution in [0.15, 0.2) is 74.0 Å². The number of para-hydroxylation sites is 2. The van der Waals surface area contributed by atoms with Gasteiger partial charge in [-0.2, -0.15) is 0 Å². The first-order valence-corrected chi connectivity index (χ1v) is 19.0. The van der Waals surface area contributed by atoms with Gasteiger partial charge in [0, 0.05) is 17.3 Å². The SMILES string of the molecule is Cc1ccc(S(=O)(=O)N(CC2(C)CC(C)CC(C)(C)C2)p2oc3c(C4OCCO4)cccc3c3cccc(C4OCCO4)c3o2)cc1. The van der Waals surface area contributed by atoms with Gasteiger partial charge in [-0.05, 0) is 55.1 Å². The van der Waals surface area contributed by atoms with Crippen LogP contribution in [-0.4, -0.2) is 41.4 Å². The lowest BCUT2D eigenvalue weighted by Gasteiger charge is -2.47. The molecule has 7 rings (SSSR count). The summed E-state index contributed by atoms with van der Waals surface area (Å²) in [7, 11) is -6.40. The third kappa shape index (κ3) is 6.54. The largest absolute Gasteiger partial charge is 0.407 e. The molecule has 1 aliphatic carbocycles. The van der Waals surface area contributed by atoms with E-state index in [4.69, 9.17) is 27.3 Å². The molecule has 0 amide bonds. The quantitative estimate of drug-likeness (QED) is 0.191. The van der Waals surface area contributed by atoms with Gasteiger partial charge in [0.2, 0.25) is 0 Å². The normalized spacial score (nSPS) is 24.1. The Labute approximate surface area is 277 Å². The Morgan fingerprint density at radius 2 is 1.28 bits per heavy atom. The first-order valence-electron chi connectivity index (χ1n) is 16.4. The number of hydrogen-bond acceptors (Lipinski definition) is 8. The van der Waals surface area contributed by atoms with Crippen LogP contribution < -0.4 is 4.08 Å². The van der Waals surface area contributed by atoms with E-state index in [2.05, 4.69) is 27.7 Å². The molecule has 252 valence electrons. The second kappa shape index (κ2) is 12.6. The summed E-state index contributed by atoms with van der Waals surface area (Å²) in [6.45, 7) is 13.0. The maximum Gasteiger partial charge on any atom is 0.324 e. The van der Waals surface area contributed by atoms with Gasteiger partial charge in [0.05, 0.1) is 42.4 Å². The molecular formula is C36H44NO8PS. The number of rotatable bonds is 7. The summed E-state index contributed by atoms with van der Waals surface area (Å²) in [5.41, 5.74) is 3.05. The van der Waals surface area contributed by atoms with Crippen molar-refractivity contribution in [2.24, 2.45) is 16.7 Å². The van der Waals surface area contributed by atoms with Gasteiger partial charge in [-0.1, -0.05) is 85.9 Å². The standard InChI is InChI=1S/C36H44NO8PS/c1-24-12-14-26(15-13-24)47(38,39)37(23-36(5)21-25(2)20-35(3,4)22-36)46-44-31-27(8-6-10-29(31)33-40-16-17-41-33)28-9-7-11-30(32(28)45-46)34-42-18-19-43-34/h6-15,25,33-34H,16-23H2,1-5H3. The summed E-state index contributed by atoms with van der Waals surface area (Å²) in [5, 5.41) is 1.51. The predicted molar refractivity (Wildman–Crippen MR) is 182 cm³/mol. The molecule has 3 aromatic carbocycles. The fourth-order valence-electron chi connectivity index (χ4n) is 8.12. The van der Waals surface area contributed by atoms with Crippen LogP contribution in [0.4, 0.5) is 0 Å². The average Bonchev–Trinajstić information content (AvgIpc) is 3.72. The molecule has 0 bridgehead atoms. The van der Waals surface area contributed by atoms with Crippen molar-refractivity contribution in [1.82, 2.24) is 0 Å². The third-order valence-electron chi connectivity index (χ3n) is 9.41. The minimum Gasteiger partial charge on any atom is -0.407 e. The van der Waals surface area contributed by atoms with Gasteiger partial charge in [0.15, 0.2) is 23.7 Å². The molecule has 2 atom stereocenters. The van der Waals surface area contributed by atoms with E-state index < -0.39 is 30.8 Å². The van der Waals surface area contributed by atoms with Crippen molar-refractivity contribution in [3.63, 3.8) is 0 Å². The second-order valence-electron chi connectivity index (χ2n) is 14.5. The smallest absolute Gasteiger partial charge is 0.324 e. The van der Waals surface area contributed by atoms with E-state index in [9.17, 15) is 8.42 Å². The van der Waals surface area contributed by atoms with Crippen LogP contribution in [0.5, 0.6) is 0 Å². The molecule has 2 unspecified atom stereocenters. The van der Waals surface area contributed by atoms with Gasteiger partial charge in [-0.3, -0.25) is 0 Å². The van der Waals surface area contributed by atoms with Crippen LogP contribution in [0.2, 0.25) is 0 Å². The number of nitrogens with zero attached hydrogens (tertiary/aromatic N) is 1. The molecule has 3 aliphatic rings. The average molecular weight is 682 g/mol. The van der Waals surface area contributed by atoms with Gasteiger partial charge in [-0.15, -0.1) is 0 Å². The molecule has 4 aromatic rings. The number of ether oxygens (including phenoxy) is 4. The number of hydrogen-bond donors (Lipinski definition) is 0. The summed E-state index contributed by atoms with van der Waals surface area (Å²) >= 11 is 0. The van der Waals surface area contributed by atoms with Crippen molar-refractivity contribution in [2.45, 2.75) is 71.4 Å². The van der Waals surface area contributed by atoms with Gasteiger partial charge in [-0.25, -0.2) is 8.42 Å². The molecular weight excluding hydrogens is 637 g/mol. The van der Waals surface area contributed by atoms with Gasteiger partial charge >= 0.3 is 8.16 Å². The molecule has 11 heteroatoms.